The van der Waals surface area contributed by atoms with E-state index in [1.54, 1.807) is 0 Å². The van der Waals surface area contributed by atoms with Crippen molar-refractivity contribution in [3.8, 4) is 0 Å². The summed E-state index contributed by atoms with van der Waals surface area (Å²) in [6.07, 6.45) is -8.51. The first-order valence-electron chi connectivity index (χ1n) is 6.79. The lowest BCUT2D eigenvalue weighted by atomic mass is 9.98. The summed E-state index contributed by atoms with van der Waals surface area (Å²) < 4.78 is 78.2. The van der Waals surface area contributed by atoms with E-state index in [2.05, 4.69) is 5.10 Å². The van der Waals surface area contributed by atoms with Crippen molar-refractivity contribution < 1.29 is 31.1 Å². The van der Waals surface area contributed by atoms with Crippen LogP contribution in [0.15, 0.2) is 30.5 Å². The Morgan fingerprint density at radius 1 is 1.08 bits per heavy atom. The zero-order valence-corrected chi connectivity index (χ0v) is 16.0. The first kappa shape index (κ1) is 21.9. The molecule has 0 radical (unpaired) electrons. The van der Waals surface area contributed by atoms with Gasteiger partial charge in [0.25, 0.3) is 0 Å². The van der Waals surface area contributed by atoms with Crippen molar-refractivity contribution >= 4 is 34.2 Å². The molecule has 25 heavy (non-hydrogen) atoms. The van der Waals surface area contributed by atoms with Crippen LogP contribution in [0.2, 0.25) is 0 Å². The Hall–Kier alpha value is -1.16. The summed E-state index contributed by atoms with van der Waals surface area (Å²) in [4.78, 5) is 12.1. The summed E-state index contributed by atoms with van der Waals surface area (Å²) in [6.45, 7) is 4.00. The molecule has 0 aliphatic rings. The first-order valence-corrected chi connectivity index (χ1v) is 10.9. The Balaban J connectivity index is 0.00000151. The largest absolute Gasteiger partial charge is 0.417 e. The van der Waals surface area contributed by atoms with E-state index in [9.17, 15) is 31.1 Å². The minimum atomic E-state index is -5.10. The molecule has 3 nitrogen and oxygen atoms in total. The Kier molecular flexibility index (Phi) is 7.42. The molecule has 0 aliphatic heterocycles. The fourth-order valence-corrected chi connectivity index (χ4v) is 2.87. The van der Waals surface area contributed by atoms with Crippen LogP contribution < -0.4 is 0 Å². The van der Waals surface area contributed by atoms with Gasteiger partial charge < -0.3 is 0 Å². The van der Waals surface area contributed by atoms with Crippen LogP contribution in [0.4, 0.5) is 26.3 Å². The van der Waals surface area contributed by atoms with Gasteiger partial charge in [-0.25, -0.2) is 4.45 Å². The molecular formula is C14H12F6IN2OP. The van der Waals surface area contributed by atoms with E-state index >= 15 is 0 Å². The van der Waals surface area contributed by atoms with Gasteiger partial charge in [-0.2, -0.15) is 31.4 Å². The molecule has 2 aromatic rings. The summed E-state index contributed by atoms with van der Waals surface area (Å²) in [5.41, 5.74) is -4.24. The topological polar surface area (TPSA) is 34.9 Å². The number of nitrogens with zero attached hydrogens (tertiary/aromatic N) is 2. The number of hydrogen-bond donors (Lipinski definition) is 0. The molecule has 0 N–H and O–H groups in total. The van der Waals surface area contributed by atoms with E-state index in [0.717, 1.165) is 0 Å². The second kappa shape index (κ2) is 8.48. The minimum Gasteiger partial charge on any atom is -0.287 e. The van der Waals surface area contributed by atoms with Gasteiger partial charge >= 0.3 is 12.4 Å². The lowest BCUT2D eigenvalue weighted by molar-refractivity contribution is -0.143. The Morgan fingerprint density at radius 2 is 1.68 bits per heavy atom. The van der Waals surface area contributed by atoms with E-state index in [1.807, 2.05) is 35.9 Å². The average Bonchev–Trinajstić information content (AvgIpc) is 3.03. The highest BCUT2D eigenvalue weighted by Gasteiger charge is 2.39. The standard InChI is InChI=1S/C12H6F6IN2OP.C2H6/c13-11(14,15)6-1-2-7(8(5-6)12(16,17)18)10(22)9-3-4-21(20-9)23-19;1-2/h1-5,23H;1-2H3. The number of carbonyl (C=O) groups excluding carboxylic acids is 1. The molecule has 1 heterocycles. The Bertz CT molecular complexity index is 742. The van der Waals surface area contributed by atoms with Gasteiger partial charge in [0.15, 0.2) is 0 Å². The molecule has 0 fully saturated rings. The third-order valence-electron chi connectivity index (χ3n) is 2.81. The minimum absolute atomic E-state index is 0.0652. The molecule has 11 heteroatoms. The number of hydrogen-bond acceptors (Lipinski definition) is 2. The molecular weight excluding hydrogens is 484 g/mol. The summed E-state index contributed by atoms with van der Waals surface area (Å²) in [5.74, 6) is -1.08. The Labute approximate surface area is 154 Å². The number of benzene rings is 1. The van der Waals surface area contributed by atoms with Gasteiger partial charge in [0, 0.05) is 11.8 Å². The monoisotopic (exact) mass is 496 g/mol. The van der Waals surface area contributed by atoms with Crippen molar-refractivity contribution in [2.24, 2.45) is 0 Å². The zero-order valence-electron chi connectivity index (χ0n) is 12.8. The van der Waals surface area contributed by atoms with Gasteiger partial charge in [-0.15, -0.1) is 0 Å². The lowest BCUT2D eigenvalue weighted by Crippen LogP contribution is -2.17. The van der Waals surface area contributed by atoms with Crippen LogP contribution in [0.1, 0.15) is 41.0 Å². The first-order chi connectivity index (χ1) is 11.5. The number of ketones is 1. The zero-order chi connectivity index (χ0) is 19.4. The van der Waals surface area contributed by atoms with Crippen molar-refractivity contribution in [2.75, 3.05) is 0 Å². The van der Waals surface area contributed by atoms with Gasteiger partial charge in [0.1, 0.15) is 5.69 Å². The van der Waals surface area contributed by atoms with Crippen molar-refractivity contribution in [3.63, 3.8) is 0 Å². The van der Waals surface area contributed by atoms with E-state index in [-0.39, 0.29) is 18.1 Å². The second-order valence-corrected chi connectivity index (χ2v) is 6.39. The average molecular weight is 496 g/mol. The quantitative estimate of drug-likeness (QED) is 0.227. The number of rotatable bonds is 3. The van der Waals surface area contributed by atoms with Crippen LogP contribution in [0.25, 0.3) is 0 Å². The fraction of sp³-hybridized carbons (Fsp3) is 0.286. The van der Waals surface area contributed by atoms with E-state index in [0.29, 0.717) is 12.1 Å². The van der Waals surface area contributed by atoms with Crippen LogP contribution >= 0.6 is 28.4 Å². The van der Waals surface area contributed by atoms with Crippen LogP contribution in [0.3, 0.4) is 0 Å². The van der Waals surface area contributed by atoms with E-state index < -0.39 is 34.8 Å². The molecule has 1 atom stereocenters. The maximum absolute atomic E-state index is 13.0. The smallest absolute Gasteiger partial charge is 0.287 e. The second-order valence-electron chi connectivity index (χ2n) is 4.32. The van der Waals surface area contributed by atoms with Gasteiger partial charge in [-0.3, -0.25) is 4.79 Å². The molecule has 0 amide bonds. The predicted octanol–water partition coefficient (Wildman–Crippen LogP) is 5.97. The number of halogens is 7. The van der Waals surface area contributed by atoms with Crippen molar-refractivity contribution in [1.82, 2.24) is 9.55 Å². The molecule has 1 aromatic carbocycles. The van der Waals surface area contributed by atoms with Gasteiger partial charge in [0.2, 0.25) is 5.78 Å². The van der Waals surface area contributed by atoms with E-state index in [1.165, 1.54) is 16.7 Å². The van der Waals surface area contributed by atoms with Crippen molar-refractivity contribution in [1.29, 1.82) is 0 Å². The lowest BCUT2D eigenvalue weighted by Gasteiger charge is -2.14. The van der Waals surface area contributed by atoms with Crippen LogP contribution in [-0.4, -0.2) is 15.3 Å². The van der Waals surface area contributed by atoms with Gasteiger partial charge in [0.05, 0.1) is 17.5 Å². The maximum Gasteiger partial charge on any atom is 0.417 e. The Morgan fingerprint density at radius 3 is 2.12 bits per heavy atom. The third kappa shape index (κ3) is 5.40. The molecule has 138 valence electrons. The highest BCUT2D eigenvalue weighted by Crippen LogP contribution is 2.38. The van der Waals surface area contributed by atoms with Gasteiger partial charge in [-0.1, -0.05) is 13.8 Å². The molecule has 2 rings (SSSR count). The van der Waals surface area contributed by atoms with Gasteiger partial charge in [-0.05, 0) is 46.3 Å². The summed E-state index contributed by atoms with van der Waals surface area (Å²) in [6, 6.07) is 2.12. The summed E-state index contributed by atoms with van der Waals surface area (Å²) in [7, 11) is 0. The van der Waals surface area contributed by atoms with Crippen molar-refractivity contribution in [2.45, 2.75) is 26.2 Å². The maximum atomic E-state index is 13.0. The highest BCUT2D eigenvalue weighted by atomic mass is 127. The summed E-state index contributed by atoms with van der Waals surface area (Å²) in [5, 5.41) is 3.78. The molecule has 0 saturated carbocycles. The molecule has 0 spiro atoms. The molecule has 0 bridgehead atoms. The fourth-order valence-electron chi connectivity index (χ4n) is 1.78. The number of carbonyl (C=O) groups is 1. The van der Waals surface area contributed by atoms with Crippen LogP contribution in [0.5, 0.6) is 0 Å². The molecule has 1 aromatic heterocycles. The van der Waals surface area contributed by atoms with Crippen LogP contribution in [0, 0.1) is 0 Å². The number of aromatic nitrogens is 2. The third-order valence-corrected chi connectivity index (χ3v) is 4.71. The molecule has 1 unspecified atom stereocenters. The molecule has 0 saturated heterocycles. The van der Waals surface area contributed by atoms with E-state index in [4.69, 9.17) is 0 Å². The normalized spacial score (nSPS) is 12.2. The van der Waals surface area contributed by atoms with Crippen molar-refractivity contribution in [3.05, 3.63) is 52.8 Å². The predicted molar refractivity (Wildman–Crippen MR) is 91.2 cm³/mol. The number of alkyl halides is 6. The SMILES string of the molecule is CC.O=C(c1ccn(PI)n1)c1ccc(C(F)(F)F)cc1C(F)(F)F. The van der Waals surface area contributed by atoms with Crippen LogP contribution in [-0.2, 0) is 12.4 Å². The molecule has 0 aliphatic carbocycles. The summed E-state index contributed by atoms with van der Waals surface area (Å²) >= 11 is 1.95. The highest BCUT2D eigenvalue weighted by molar-refractivity contribution is 14.2.